The number of aliphatic imine (C=N–C) groups is 1. The number of rotatable bonds is 5. The Labute approximate surface area is 160 Å². The van der Waals surface area contributed by atoms with Crippen molar-refractivity contribution in [3.05, 3.63) is 23.2 Å². The van der Waals surface area contributed by atoms with Gasteiger partial charge in [-0.3, -0.25) is 4.99 Å². The summed E-state index contributed by atoms with van der Waals surface area (Å²) in [6.07, 6.45) is 1.06. The molecule has 1 unspecified atom stereocenters. The van der Waals surface area contributed by atoms with Crippen molar-refractivity contribution in [2.24, 2.45) is 4.99 Å². The maximum Gasteiger partial charge on any atom is 0.191 e. The minimum Gasteiger partial charge on any atom is -0.495 e. The van der Waals surface area contributed by atoms with E-state index in [0.29, 0.717) is 6.04 Å². The molecule has 0 aromatic heterocycles. The molecule has 7 heteroatoms. The SMILES string of the molecule is CCN=C(NCC)NC1CCN(c2cc(Cl)ccc2OC)C1.I. The highest BCUT2D eigenvalue weighted by atomic mass is 127. The lowest BCUT2D eigenvalue weighted by Gasteiger charge is -2.22. The first-order valence-electron chi connectivity index (χ1n) is 7.81. The first kappa shape index (κ1) is 20.2. The summed E-state index contributed by atoms with van der Waals surface area (Å²) in [6, 6.07) is 6.11. The molecule has 0 bridgehead atoms. The zero-order valence-electron chi connectivity index (χ0n) is 13.9. The van der Waals surface area contributed by atoms with Crippen molar-refractivity contribution in [2.75, 3.05) is 38.2 Å². The molecule has 2 N–H and O–H groups in total. The number of nitrogens with zero attached hydrogens (tertiary/aromatic N) is 2. The van der Waals surface area contributed by atoms with Crippen molar-refractivity contribution >= 4 is 47.2 Å². The molecule has 1 aliphatic rings. The average Bonchev–Trinajstić information content (AvgIpc) is 2.96. The van der Waals surface area contributed by atoms with E-state index in [9.17, 15) is 0 Å². The lowest BCUT2D eigenvalue weighted by Crippen LogP contribution is -2.44. The zero-order chi connectivity index (χ0) is 15.9. The van der Waals surface area contributed by atoms with E-state index in [1.807, 2.05) is 25.1 Å². The van der Waals surface area contributed by atoms with Crippen LogP contribution in [0.2, 0.25) is 5.02 Å². The lowest BCUT2D eigenvalue weighted by molar-refractivity contribution is 0.415. The van der Waals surface area contributed by atoms with Gasteiger partial charge in [0.05, 0.1) is 12.8 Å². The summed E-state index contributed by atoms with van der Waals surface area (Å²) in [5, 5.41) is 7.49. The van der Waals surface area contributed by atoms with Gasteiger partial charge in [-0.1, -0.05) is 11.6 Å². The molecule has 1 saturated heterocycles. The fourth-order valence-electron chi connectivity index (χ4n) is 2.68. The summed E-state index contributed by atoms with van der Waals surface area (Å²) in [5.41, 5.74) is 1.05. The van der Waals surface area contributed by atoms with E-state index in [-0.39, 0.29) is 24.0 Å². The highest BCUT2D eigenvalue weighted by Gasteiger charge is 2.25. The van der Waals surface area contributed by atoms with Gasteiger partial charge in [0.25, 0.3) is 0 Å². The number of hydrogen-bond acceptors (Lipinski definition) is 3. The summed E-state index contributed by atoms with van der Waals surface area (Å²) in [5.74, 6) is 1.74. The number of benzene rings is 1. The van der Waals surface area contributed by atoms with Crippen LogP contribution in [0.15, 0.2) is 23.2 Å². The smallest absolute Gasteiger partial charge is 0.191 e. The molecule has 23 heavy (non-hydrogen) atoms. The second-order valence-electron chi connectivity index (χ2n) is 5.25. The third-order valence-corrected chi connectivity index (χ3v) is 3.91. The largest absolute Gasteiger partial charge is 0.495 e. The molecule has 1 aromatic carbocycles. The number of anilines is 1. The molecule has 1 aromatic rings. The quantitative estimate of drug-likeness (QED) is 0.409. The predicted octanol–water partition coefficient (Wildman–Crippen LogP) is 3.12. The molecule has 1 heterocycles. The van der Waals surface area contributed by atoms with Crippen LogP contribution in [0.4, 0.5) is 5.69 Å². The monoisotopic (exact) mass is 452 g/mol. The standard InChI is InChI=1S/C16H25ClN4O.HI/c1-4-18-16(19-5-2)20-13-8-9-21(11-13)14-10-12(17)6-7-15(14)22-3;/h6-7,10,13H,4-5,8-9,11H2,1-3H3,(H2,18,19,20);1H. The topological polar surface area (TPSA) is 48.9 Å². The van der Waals surface area contributed by atoms with Gasteiger partial charge in [0.1, 0.15) is 5.75 Å². The molecule has 1 atom stereocenters. The fraction of sp³-hybridized carbons (Fsp3) is 0.562. The van der Waals surface area contributed by atoms with E-state index in [1.54, 1.807) is 7.11 Å². The number of halogens is 2. The summed E-state index contributed by atoms with van der Waals surface area (Å²) in [4.78, 5) is 6.76. The molecule has 0 radical (unpaired) electrons. The number of hydrogen-bond donors (Lipinski definition) is 2. The van der Waals surface area contributed by atoms with Gasteiger partial charge in [0.2, 0.25) is 0 Å². The van der Waals surface area contributed by atoms with Crippen LogP contribution in [0.3, 0.4) is 0 Å². The minimum atomic E-state index is 0. The van der Waals surface area contributed by atoms with Crippen LogP contribution in [-0.2, 0) is 0 Å². The lowest BCUT2D eigenvalue weighted by atomic mass is 10.2. The Bertz CT molecular complexity index is 527. The highest BCUT2D eigenvalue weighted by Crippen LogP contribution is 2.33. The van der Waals surface area contributed by atoms with Gasteiger partial charge < -0.3 is 20.3 Å². The van der Waals surface area contributed by atoms with Gasteiger partial charge in [-0.2, -0.15) is 0 Å². The van der Waals surface area contributed by atoms with Crippen LogP contribution in [-0.4, -0.2) is 45.3 Å². The third kappa shape index (κ3) is 5.60. The Kier molecular flexibility index (Phi) is 8.83. The summed E-state index contributed by atoms with van der Waals surface area (Å²) >= 11 is 6.13. The Morgan fingerprint density at radius 1 is 1.43 bits per heavy atom. The van der Waals surface area contributed by atoms with E-state index in [0.717, 1.165) is 55.0 Å². The minimum absolute atomic E-state index is 0. The molecule has 5 nitrogen and oxygen atoms in total. The molecule has 2 rings (SSSR count). The second kappa shape index (κ2) is 10.1. The molecule has 130 valence electrons. The van der Waals surface area contributed by atoms with E-state index in [4.69, 9.17) is 16.3 Å². The number of ether oxygens (including phenoxy) is 1. The normalized spacial score (nSPS) is 17.7. The van der Waals surface area contributed by atoms with E-state index in [2.05, 4.69) is 27.4 Å². The first-order chi connectivity index (χ1) is 10.7. The van der Waals surface area contributed by atoms with Crippen molar-refractivity contribution < 1.29 is 4.74 Å². The molecule has 0 aliphatic carbocycles. The highest BCUT2D eigenvalue weighted by molar-refractivity contribution is 14.0. The van der Waals surface area contributed by atoms with Gasteiger partial charge in [-0.05, 0) is 38.5 Å². The van der Waals surface area contributed by atoms with Gasteiger partial charge in [0.15, 0.2) is 5.96 Å². The van der Waals surface area contributed by atoms with E-state index < -0.39 is 0 Å². The van der Waals surface area contributed by atoms with Gasteiger partial charge in [-0.25, -0.2) is 0 Å². The Hall–Kier alpha value is -0.890. The Morgan fingerprint density at radius 2 is 2.22 bits per heavy atom. The maximum atomic E-state index is 6.13. The van der Waals surface area contributed by atoms with Crippen LogP contribution in [0, 0.1) is 0 Å². The number of nitrogens with one attached hydrogen (secondary N) is 2. The molecular weight excluding hydrogens is 427 g/mol. The Balaban J connectivity index is 0.00000264. The van der Waals surface area contributed by atoms with E-state index in [1.165, 1.54) is 0 Å². The number of methoxy groups -OCH3 is 1. The summed E-state index contributed by atoms with van der Waals surface area (Å²) in [7, 11) is 1.69. The predicted molar refractivity (Wildman–Crippen MR) is 109 cm³/mol. The van der Waals surface area contributed by atoms with Crippen LogP contribution in [0.25, 0.3) is 0 Å². The molecule has 0 amide bonds. The van der Waals surface area contributed by atoms with Crippen molar-refractivity contribution in [1.29, 1.82) is 0 Å². The fourth-order valence-corrected chi connectivity index (χ4v) is 2.84. The van der Waals surface area contributed by atoms with Crippen molar-refractivity contribution in [1.82, 2.24) is 10.6 Å². The van der Waals surface area contributed by atoms with Crippen molar-refractivity contribution in [3.63, 3.8) is 0 Å². The van der Waals surface area contributed by atoms with Crippen LogP contribution < -0.4 is 20.3 Å². The van der Waals surface area contributed by atoms with Gasteiger partial charge >= 0.3 is 0 Å². The van der Waals surface area contributed by atoms with Crippen molar-refractivity contribution in [3.8, 4) is 5.75 Å². The van der Waals surface area contributed by atoms with Crippen molar-refractivity contribution in [2.45, 2.75) is 26.3 Å². The molecule has 1 aliphatic heterocycles. The maximum absolute atomic E-state index is 6.13. The zero-order valence-corrected chi connectivity index (χ0v) is 17.0. The molecule has 1 fully saturated rings. The number of guanidine groups is 1. The van der Waals surface area contributed by atoms with Crippen LogP contribution in [0.1, 0.15) is 20.3 Å². The second-order valence-corrected chi connectivity index (χ2v) is 5.68. The van der Waals surface area contributed by atoms with Crippen LogP contribution in [0.5, 0.6) is 5.75 Å². The first-order valence-corrected chi connectivity index (χ1v) is 8.19. The third-order valence-electron chi connectivity index (χ3n) is 3.67. The van der Waals surface area contributed by atoms with Gasteiger partial charge in [-0.15, -0.1) is 24.0 Å². The average molecular weight is 453 g/mol. The summed E-state index contributed by atoms with van der Waals surface area (Å²) in [6.45, 7) is 7.63. The molecule has 0 spiro atoms. The van der Waals surface area contributed by atoms with E-state index >= 15 is 0 Å². The molecular formula is C16H26ClIN4O. The van der Waals surface area contributed by atoms with Gasteiger partial charge in [0, 0.05) is 37.2 Å². The summed E-state index contributed by atoms with van der Waals surface area (Å²) < 4.78 is 5.45. The van der Waals surface area contributed by atoms with Crippen LogP contribution >= 0.6 is 35.6 Å². The Morgan fingerprint density at radius 3 is 2.87 bits per heavy atom. The molecule has 0 saturated carbocycles.